The van der Waals surface area contributed by atoms with Gasteiger partial charge in [-0.2, -0.15) is 21.6 Å². The third kappa shape index (κ3) is 3.55. The van der Waals surface area contributed by atoms with Gasteiger partial charge in [0.1, 0.15) is 5.75 Å². The normalized spacial score (nSPS) is 12.1. The molecular formula is C18H11F3O4S. The van der Waals surface area contributed by atoms with Crippen LogP contribution in [0.25, 0.3) is 10.8 Å². The zero-order valence-electron chi connectivity index (χ0n) is 13.0. The standard InChI is InChI=1S/C18H11F3O4S/c19-18(20,21)26(23,24)25-16-9-8-13-10-15(7-6-14(13)11-16)17(22)12-4-2-1-3-5-12/h1-11H. The number of ketones is 1. The molecule has 134 valence electrons. The van der Waals surface area contributed by atoms with Gasteiger partial charge in [-0.15, -0.1) is 0 Å². The minimum absolute atomic E-state index is 0.201. The molecule has 0 aromatic heterocycles. The molecule has 0 saturated heterocycles. The summed E-state index contributed by atoms with van der Waals surface area (Å²) in [6.45, 7) is 0. The van der Waals surface area contributed by atoms with E-state index in [1.807, 2.05) is 0 Å². The molecule has 3 aromatic carbocycles. The van der Waals surface area contributed by atoms with E-state index in [1.165, 1.54) is 18.2 Å². The Bertz CT molecular complexity index is 1070. The van der Waals surface area contributed by atoms with Crippen molar-refractivity contribution in [3.8, 4) is 5.75 Å². The number of hydrogen-bond acceptors (Lipinski definition) is 4. The molecule has 0 unspecified atom stereocenters. The van der Waals surface area contributed by atoms with E-state index in [4.69, 9.17) is 0 Å². The number of hydrogen-bond donors (Lipinski definition) is 0. The fourth-order valence-corrected chi connectivity index (χ4v) is 2.80. The van der Waals surface area contributed by atoms with Crippen molar-refractivity contribution in [1.29, 1.82) is 0 Å². The van der Waals surface area contributed by atoms with E-state index in [-0.39, 0.29) is 5.78 Å². The summed E-state index contributed by atoms with van der Waals surface area (Å²) in [7, 11) is -5.73. The van der Waals surface area contributed by atoms with Crippen LogP contribution in [0.1, 0.15) is 15.9 Å². The largest absolute Gasteiger partial charge is 0.534 e. The van der Waals surface area contributed by atoms with Gasteiger partial charge in [-0.1, -0.05) is 48.5 Å². The molecule has 4 nitrogen and oxygen atoms in total. The van der Waals surface area contributed by atoms with Gasteiger partial charge in [0.15, 0.2) is 5.78 Å². The third-order valence-electron chi connectivity index (χ3n) is 3.60. The lowest BCUT2D eigenvalue weighted by Gasteiger charge is -2.10. The number of halogens is 3. The molecule has 26 heavy (non-hydrogen) atoms. The zero-order valence-corrected chi connectivity index (χ0v) is 13.8. The van der Waals surface area contributed by atoms with Gasteiger partial charge < -0.3 is 4.18 Å². The number of carbonyl (C=O) groups is 1. The number of rotatable bonds is 4. The smallest absolute Gasteiger partial charge is 0.376 e. The van der Waals surface area contributed by atoms with Crippen molar-refractivity contribution < 1.29 is 30.6 Å². The summed E-state index contributed by atoms with van der Waals surface area (Å²) in [6.07, 6.45) is 0. The molecule has 0 atom stereocenters. The highest BCUT2D eigenvalue weighted by Gasteiger charge is 2.48. The Balaban J connectivity index is 1.93. The van der Waals surface area contributed by atoms with E-state index in [9.17, 15) is 26.4 Å². The van der Waals surface area contributed by atoms with Crippen LogP contribution in [-0.4, -0.2) is 19.7 Å². The maximum absolute atomic E-state index is 12.4. The zero-order chi connectivity index (χ0) is 18.9. The molecule has 0 aliphatic heterocycles. The van der Waals surface area contributed by atoms with Gasteiger partial charge in [0, 0.05) is 11.1 Å². The molecule has 0 aliphatic carbocycles. The van der Waals surface area contributed by atoms with Crippen molar-refractivity contribution in [3.63, 3.8) is 0 Å². The molecule has 3 aromatic rings. The Kier molecular flexibility index (Phi) is 4.45. The summed E-state index contributed by atoms with van der Waals surface area (Å²) in [5, 5.41) is 0.994. The van der Waals surface area contributed by atoms with Gasteiger partial charge in [0.2, 0.25) is 0 Å². The molecule has 0 N–H and O–H groups in total. The Hall–Kier alpha value is -2.87. The van der Waals surface area contributed by atoms with Crippen LogP contribution in [0.4, 0.5) is 13.2 Å². The van der Waals surface area contributed by atoms with Gasteiger partial charge in [-0.05, 0) is 29.0 Å². The Morgan fingerprint density at radius 1 is 0.808 bits per heavy atom. The first-order valence-corrected chi connectivity index (χ1v) is 8.72. The highest BCUT2D eigenvalue weighted by atomic mass is 32.2. The van der Waals surface area contributed by atoms with Crippen LogP contribution < -0.4 is 4.18 Å². The van der Waals surface area contributed by atoms with Gasteiger partial charge in [-0.3, -0.25) is 4.79 Å². The van der Waals surface area contributed by atoms with Crippen LogP contribution in [0, 0.1) is 0 Å². The van der Waals surface area contributed by atoms with E-state index >= 15 is 0 Å². The third-order valence-corrected chi connectivity index (χ3v) is 4.58. The monoisotopic (exact) mass is 380 g/mol. The van der Waals surface area contributed by atoms with E-state index in [0.717, 1.165) is 12.1 Å². The second-order valence-corrected chi connectivity index (χ2v) is 6.94. The molecule has 0 radical (unpaired) electrons. The summed E-state index contributed by atoms with van der Waals surface area (Å²) in [4.78, 5) is 12.4. The summed E-state index contributed by atoms with van der Waals surface area (Å²) in [6, 6.07) is 16.9. The van der Waals surface area contributed by atoms with Crippen molar-refractivity contribution in [2.75, 3.05) is 0 Å². The van der Waals surface area contributed by atoms with E-state index in [2.05, 4.69) is 4.18 Å². The SMILES string of the molecule is O=C(c1ccccc1)c1ccc2cc(OS(=O)(=O)C(F)(F)F)ccc2c1. The van der Waals surface area contributed by atoms with Crippen LogP contribution in [0.5, 0.6) is 5.75 Å². The summed E-state index contributed by atoms with van der Waals surface area (Å²) >= 11 is 0. The molecule has 0 amide bonds. The number of fused-ring (bicyclic) bond motifs is 1. The van der Waals surface area contributed by atoms with Gasteiger partial charge in [0.05, 0.1) is 0 Å². The van der Waals surface area contributed by atoms with E-state index in [1.54, 1.807) is 36.4 Å². The lowest BCUT2D eigenvalue weighted by atomic mass is 10.00. The lowest BCUT2D eigenvalue weighted by molar-refractivity contribution is -0.0500. The molecule has 0 spiro atoms. The minimum atomic E-state index is -5.73. The first kappa shape index (κ1) is 17.9. The van der Waals surface area contributed by atoms with Gasteiger partial charge in [0.25, 0.3) is 0 Å². The van der Waals surface area contributed by atoms with Crippen molar-refractivity contribution in [3.05, 3.63) is 77.9 Å². The average Bonchev–Trinajstić information content (AvgIpc) is 2.60. The summed E-state index contributed by atoms with van der Waals surface area (Å²) in [5.41, 5.74) is -4.60. The van der Waals surface area contributed by atoms with Crippen molar-refractivity contribution in [2.24, 2.45) is 0 Å². The quantitative estimate of drug-likeness (QED) is 0.385. The van der Waals surface area contributed by atoms with E-state index in [0.29, 0.717) is 21.9 Å². The number of alkyl halides is 3. The summed E-state index contributed by atoms with van der Waals surface area (Å²) in [5.74, 6) is -0.663. The second-order valence-electron chi connectivity index (χ2n) is 5.40. The van der Waals surface area contributed by atoms with Crippen molar-refractivity contribution in [1.82, 2.24) is 0 Å². The Morgan fingerprint density at radius 2 is 1.42 bits per heavy atom. The maximum atomic E-state index is 12.4. The fraction of sp³-hybridized carbons (Fsp3) is 0.0556. The maximum Gasteiger partial charge on any atom is 0.534 e. The van der Waals surface area contributed by atoms with Crippen LogP contribution in [0.2, 0.25) is 0 Å². The fourth-order valence-electron chi connectivity index (χ4n) is 2.35. The Labute approximate surface area is 147 Å². The Morgan fingerprint density at radius 3 is 2.08 bits per heavy atom. The molecule has 0 bridgehead atoms. The molecule has 0 saturated carbocycles. The lowest BCUT2D eigenvalue weighted by Crippen LogP contribution is -2.28. The van der Waals surface area contributed by atoms with Gasteiger partial charge >= 0.3 is 15.6 Å². The van der Waals surface area contributed by atoms with Crippen molar-refractivity contribution in [2.45, 2.75) is 5.51 Å². The second kappa shape index (κ2) is 6.45. The molecule has 0 heterocycles. The summed E-state index contributed by atoms with van der Waals surface area (Å²) < 4.78 is 63.4. The first-order chi connectivity index (χ1) is 12.2. The van der Waals surface area contributed by atoms with E-state index < -0.39 is 21.4 Å². The van der Waals surface area contributed by atoms with Crippen LogP contribution in [0.3, 0.4) is 0 Å². The molecule has 0 aliphatic rings. The minimum Gasteiger partial charge on any atom is -0.376 e. The molecular weight excluding hydrogens is 369 g/mol. The van der Waals surface area contributed by atoms with Gasteiger partial charge in [-0.25, -0.2) is 0 Å². The average molecular weight is 380 g/mol. The number of benzene rings is 3. The predicted octanol–water partition coefficient (Wildman–Crippen LogP) is 4.30. The van der Waals surface area contributed by atoms with Crippen molar-refractivity contribution >= 4 is 26.7 Å². The number of carbonyl (C=O) groups excluding carboxylic acids is 1. The highest BCUT2D eigenvalue weighted by molar-refractivity contribution is 7.88. The van der Waals surface area contributed by atoms with Crippen LogP contribution >= 0.6 is 0 Å². The highest BCUT2D eigenvalue weighted by Crippen LogP contribution is 2.29. The predicted molar refractivity (Wildman–Crippen MR) is 89.4 cm³/mol. The molecule has 0 fully saturated rings. The molecule has 3 rings (SSSR count). The molecule has 8 heteroatoms. The van der Waals surface area contributed by atoms with Crippen LogP contribution in [0.15, 0.2) is 66.7 Å². The topological polar surface area (TPSA) is 60.4 Å². The first-order valence-electron chi connectivity index (χ1n) is 7.32. The van der Waals surface area contributed by atoms with Crippen LogP contribution in [-0.2, 0) is 10.1 Å².